The van der Waals surface area contributed by atoms with Crippen molar-refractivity contribution in [3.05, 3.63) is 64.7 Å². The van der Waals surface area contributed by atoms with Gasteiger partial charge in [-0.1, -0.05) is 30.3 Å². The fraction of sp³-hybridized carbons (Fsp3) is 0.188. The number of hydrogen-bond acceptors (Lipinski definition) is 4. The van der Waals surface area contributed by atoms with Crippen LogP contribution in [0.2, 0.25) is 0 Å². The highest BCUT2D eigenvalue weighted by molar-refractivity contribution is 7.90. The van der Waals surface area contributed by atoms with Gasteiger partial charge >= 0.3 is 5.97 Å². The van der Waals surface area contributed by atoms with Gasteiger partial charge in [-0.05, 0) is 35.2 Å². The normalized spacial score (nSPS) is 15.5. The SMILES string of the molecule is COC(=O)c1ccc2c(c1)S(=O)(=O)Cc1ccccc1C2. The average Bonchev–Trinajstić information content (AvgIpc) is 2.59. The first-order valence-corrected chi connectivity index (χ1v) is 8.17. The molecule has 0 unspecified atom stereocenters. The lowest BCUT2D eigenvalue weighted by atomic mass is 10.00. The Morgan fingerprint density at radius 1 is 1.05 bits per heavy atom. The molecule has 0 aliphatic carbocycles. The van der Waals surface area contributed by atoms with E-state index in [2.05, 4.69) is 4.74 Å². The summed E-state index contributed by atoms with van der Waals surface area (Å²) in [7, 11) is -2.19. The highest BCUT2D eigenvalue weighted by Gasteiger charge is 2.26. The van der Waals surface area contributed by atoms with Crippen LogP contribution in [0.4, 0.5) is 0 Å². The predicted octanol–water partition coefficient (Wildman–Crippen LogP) is 2.35. The molecule has 1 aliphatic rings. The minimum Gasteiger partial charge on any atom is -0.465 e. The minimum absolute atomic E-state index is 0.0409. The maximum atomic E-state index is 12.6. The first kappa shape index (κ1) is 13.8. The molecule has 2 aromatic rings. The maximum absolute atomic E-state index is 12.6. The molecular weight excluding hydrogens is 288 g/mol. The third-order valence-electron chi connectivity index (χ3n) is 3.67. The number of carbonyl (C=O) groups is 1. The van der Waals surface area contributed by atoms with Crippen molar-refractivity contribution in [3.8, 4) is 0 Å². The van der Waals surface area contributed by atoms with Crippen LogP contribution in [-0.2, 0) is 26.7 Å². The van der Waals surface area contributed by atoms with Crippen LogP contribution >= 0.6 is 0 Å². The minimum atomic E-state index is -3.46. The van der Waals surface area contributed by atoms with Crippen LogP contribution in [0.15, 0.2) is 47.4 Å². The van der Waals surface area contributed by atoms with Crippen molar-refractivity contribution in [2.24, 2.45) is 0 Å². The van der Waals surface area contributed by atoms with Crippen LogP contribution < -0.4 is 0 Å². The highest BCUT2D eigenvalue weighted by atomic mass is 32.2. The number of methoxy groups -OCH3 is 1. The molecule has 21 heavy (non-hydrogen) atoms. The van der Waals surface area contributed by atoms with Gasteiger partial charge in [-0.3, -0.25) is 0 Å². The zero-order chi connectivity index (χ0) is 15.0. The third kappa shape index (κ3) is 2.45. The van der Waals surface area contributed by atoms with Crippen molar-refractivity contribution in [1.82, 2.24) is 0 Å². The van der Waals surface area contributed by atoms with Gasteiger partial charge in [0.05, 0.1) is 23.3 Å². The van der Waals surface area contributed by atoms with Gasteiger partial charge in [-0.2, -0.15) is 0 Å². The van der Waals surface area contributed by atoms with E-state index in [0.29, 0.717) is 12.0 Å². The van der Waals surface area contributed by atoms with Gasteiger partial charge in [0.15, 0.2) is 9.84 Å². The third-order valence-corrected chi connectivity index (χ3v) is 5.41. The van der Waals surface area contributed by atoms with Crippen LogP contribution in [0.5, 0.6) is 0 Å². The Morgan fingerprint density at radius 2 is 1.76 bits per heavy atom. The Morgan fingerprint density at radius 3 is 2.48 bits per heavy atom. The van der Waals surface area contributed by atoms with Gasteiger partial charge in [0.25, 0.3) is 0 Å². The van der Waals surface area contributed by atoms with E-state index in [1.165, 1.54) is 13.2 Å². The number of ether oxygens (including phenoxy) is 1. The second kappa shape index (κ2) is 5.00. The number of benzene rings is 2. The summed E-state index contributed by atoms with van der Waals surface area (Å²) in [5.41, 5.74) is 2.79. The molecule has 0 N–H and O–H groups in total. The van der Waals surface area contributed by atoms with Crippen molar-refractivity contribution in [1.29, 1.82) is 0 Å². The molecule has 4 nitrogen and oxygen atoms in total. The van der Waals surface area contributed by atoms with E-state index in [1.54, 1.807) is 12.1 Å². The maximum Gasteiger partial charge on any atom is 0.337 e. The van der Waals surface area contributed by atoms with Crippen LogP contribution in [0.3, 0.4) is 0 Å². The van der Waals surface area contributed by atoms with Crippen LogP contribution in [-0.4, -0.2) is 21.5 Å². The lowest BCUT2D eigenvalue weighted by molar-refractivity contribution is 0.0600. The zero-order valence-corrected chi connectivity index (χ0v) is 12.3. The summed E-state index contributed by atoms with van der Waals surface area (Å²) in [6.07, 6.45) is 0.548. The molecule has 0 saturated heterocycles. The Labute approximate surface area is 123 Å². The van der Waals surface area contributed by atoms with E-state index in [1.807, 2.05) is 24.3 Å². The van der Waals surface area contributed by atoms with E-state index < -0.39 is 15.8 Å². The summed E-state index contributed by atoms with van der Waals surface area (Å²) in [4.78, 5) is 11.8. The summed E-state index contributed by atoms with van der Waals surface area (Å²) in [5.74, 6) is -0.574. The number of carbonyl (C=O) groups excluding carboxylic acids is 1. The summed E-state index contributed by atoms with van der Waals surface area (Å²) in [6.45, 7) is 0. The molecule has 0 spiro atoms. The van der Waals surface area contributed by atoms with Gasteiger partial charge in [0, 0.05) is 0 Å². The Kier molecular flexibility index (Phi) is 3.29. The van der Waals surface area contributed by atoms with E-state index >= 15 is 0 Å². The van der Waals surface area contributed by atoms with Crippen LogP contribution in [0.1, 0.15) is 27.0 Å². The smallest absolute Gasteiger partial charge is 0.337 e. The number of rotatable bonds is 1. The summed E-state index contributed by atoms with van der Waals surface area (Å²) in [5, 5.41) is 0. The molecule has 0 fully saturated rings. The fourth-order valence-corrected chi connectivity index (χ4v) is 4.29. The van der Waals surface area contributed by atoms with E-state index in [9.17, 15) is 13.2 Å². The number of esters is 1. The molecule has 0 saturated carbocycles. The Balaban J connectivity index is 2.19. The molecular formula is C16H14O4S. The van der Waals surface area contributed by atoms with Crippen LogP contribution in [0.25, 0.3) is 0 Å². The molecule has 0 atom stereocenters. The first-order valence-electron chi connectivity index (χ1n) is 6.52. The molecule has 2 aromatic carbocycles. The van der Waals surface area contributed by atoms with Gasteiger partial charge in [-0.15, -0.1) is 0 Å². The molecule has 3 rings (SSSR count). The summed E-state index contributed by atoms with van der Waals surface area (Å²) >= 11 is 0. The van der Waals surface area contributed by atoms with Gasteiger partial charge in [0.1, 0.15) is 0 Å². The zero-order valence-electron chi connectivity index (χ0n) is 11.5. The lowest BCUT2D eigenvalue weighted by Crippen LogP contribution is -2.08. The van der Waals surface area contributed by atoms with Crippen molar-refractivity contribution in [3.63, 3.8) is 0 Å². The van der Waals surface area contributed by atoms with Crippen molar-refractivity contribution in [2.45, 2.75) is 17.1 Å². The molecule has 0 bridgehead atoms. The first-order chi connectivity index (χ1) is 10.0. The number of sulfone groups is 1. The highest BCUT2D eigenvalue weighted by Crippen LogP contribution is 2.30. The Hall–Kier alpha value is -2.14. The lowest BCUT2D eigenvalue weighted by Gasteiger charge is -2.08. The topological polar surface area (TPSA) is 60.4 Å². The van der Waals surface area contributed by atoms with Gasteiger partial charge in [-0.25, -0.2) is 13.2 Å². The van der Waals surface area contributed by atoms with E-state index in [-0.39, 0.29) is 16.2 Å². The van der Waals surface area contributed by atoms with Crippen molar-refractivity contribution in [2.75, 3.05) is 7.11 Å². The molecule has 108 valence electrons. The van der Waals surface area contributed by atoms with E-state index in [0.717, 1.165) is 11.1 Å². The molecule has 5 heteroatoms. The van der Waals surface area contributed by atoms with Crippen LogP contribution in [0, 0.1) is 0 Å². The molecule has 0 aromatic heterocycles. The molecule has 0 radical (unpaired) electrons. The molecule has 0 amide bonds. The van der Waals surface area contributed by atoms with Crippen molar-refractivity contribution >= 4 is 15.8 Å². The molecule has 1 aliphatic heterocycles. The second-order valence-electron chi connectivity index (χ2n) is 5.02. The number of hydrogen-bond donors (Lipinski definition) is 0. The average molecular weight is 302 g/mol. The summed E-state index contributed by atoms with van der Waals surface area (Å²) < 4.78 is 29.8. The fourth-order valence-electron chi connectivity index (χ4n) is 2.59. The molecule has 1 heterocycles. The standard InChI is InChI=1S/C16H14O4S/c1-20-16(17)13-7-6-12-8-11-4-2-3-5-14(11)10-21(18,19)15(12)9-13/h2-7,9H,8,10H2,1H3. The van der Waals surface area contributed by atoms with E-state index in [4.69, 9.17) is 0 Å². The largest absolute Gasteiger partial charge is 0.465 e. The number of fused-ring (bicyclic) bond motifs is 2. The second-order valence-corrected chi connectivity index (χ2v) is 6.98. The van der Waals surface area contributed by atoms with Crippen molar-refractivity contribution < 1.29 is 17.9 Å². The Bertz CT molecular complexity index is 822. The van der Waals surface area contributed by atoms with Gasteiger partial charge < -0.3 is 4.74 Å². The monoisotopic (exact) mass is 302 g/mol. The summed E-state index contributed by atoms with van der Waals surface area (Å²) in [6, 6.07) is 12.2. The predicted molar refractivity (Wildman–Crippen MR) is 77.9 cm³/mol. The quantitative estimate of drug-likeness (QED) is 0.759. The van der Waals surface area contributed by atoms with Gasteiger partial charge in [0.2, 0.25) is 0 Å².